The van der Waals surface area contributed by atoms with Crippen molar-refractivity contribution in [2.24, 2.45) is 4.99 Å². The van der Waals surface area contributed by atoms with Gasteiger partial charge in [0.1, 0.15) is 5.04 Å². The number of thioether (sulfide) groups is 2. The molecule has 2 rings (SSSR count). The Bertz CT molecular complexity index is 509. The molecule has 0 radical (unpaired) electrons. The Morgan fingerprint density at radius 1 is 1.38 bits per heavy atom. The summed E-state index contributed by atoms with van der Waals surface area (Å²) in [6, 6.07) is 5.63. The molecular formula is C11H10N2OS2. The van der Waals surface area contributed by atoms with Crippen molar-refractivity contribution < 1.29 is 4.79 Å². The summed E-state index contributed by atoms with van der Waals surface area (Å²) < 4.78 is 0.00924. The van der Waals surface area contributed by atoms with E-state index in [0.29, 0.717) is 21.3 Å². The number of benzene rings is 1. The van der Waals surface area contributed by atoms with Gasteiger partial charge < -0.3 is 5.73 Å². The number of nitrogen functional groups attached to an aromatic ring is 1. The predicted molar refractivity (Wildman–Crippen MR) is 72.4 cm³/mol. The van der Waals surface area contributed by atoms with Crippen molar-refractivity contribution >= 4 is 44.4 Å². The van der Waals surface area contributed by atoms with Crippen molar-refractivity contribution in [1.29, 1.82) is 0 Å². The Morgan fingerprint density at radius 3 is 2.75 bits per heavy atom. The summed E-state index contributed by atoms with van der Waals surface area (Å²) in [4.78, 5) is 16.2. The number of hydrogen-bond acceptors (Lipinski definition) is 5. The van der Waals surface area contributed by atoms with Gasteiger partial charge in [-0.3, -0.25) is 4.79 Å². The normalized spacial score (nSPS) is 18.4. The van der Waals surface area contributed by atoms with Gasteiger partial charge in [0.25, 0.3) is 4.45 Å². The molecule has 1 aromatic carbocycles. The summed E-state index contributed by atoms with van der Waals surface area (Å²) >= 11 is 2.22. The van der Waals surface area contributed by atoms with Crippen LogP contribution in [0.2, 0.25) is 0 Å². The summed E-state index contributed by atoms with van der Waals surface area (Å²) in [5.41, 5.74) is 8.20. The maximum absolute atomic E-state index is 11.2. The fraction of sp³-hybridized carbons (Fsp3) is 0.0909. The summed E-state index contributed by atoms with van der Waals surface area (Å²) in [6.45, 7) is 5.76. The Balaban J connectivity index is 2.39. The van der Waals surface area contributed by atoms with Crippen LogP contribution in [-0.2, 0) is 0 Å². The quantitative estimate of drug-likeness (QED) is 0.772. The van der Waals surface area contributed by atoms with Gasteiger partial charge in [-0.15, -0.1) is 0 Å². The van der Waals surface area contributed by atoms with Crippen molar-refractivity contribution in [1.82, 2.24) is 0 Å². The lowest BCUT2D eigenvalue weighted by Gasteiger charge is -2.02. The number of aliphatic imine (C=N–C) groups is 1. The van der Waals surface area contributed by atoms with Gasteiger partial charge in [-0.25, -0.2) is 4.99 Å². The van der Waals surface area contributed by atoms with Crippen LogP contribution in [-0.4, -0.2) is 9.49 Å². The van der Waals surface area contributed by atoms with Crippen LogP contribution in [0.1, 0.15) is 5.56 Å². The molecule has 0 saturated carbocycles. The van der Waals surface area contributed by atoms with Crippen molar-refractivity contribution in [2.45, 2.75) is 6.92 Å². The first-order valence-electron chi connectivity index (χ1n) is 4.60. The highest BCUT2D eigenvalue weighted by Crippen LogP contribution is 2.39. The average molecular weight is 250 g/mol. The smallest absolute Gasteiger partial charge is 0.257 e. The van der Waals surface area contributed by atoms with Gasteiger partial charge in [-0.1, -0.05) is 12.6 Å². The molecule has 0 amide bonds. The van der Waals surface area contributed by atoms with E-state index in [1.807, 2.05) is 25.1 Å². The van der Waals surface area contributed by atoms with Gasteiger partial charge in [-0.05, 0) is 48.1 Å². The SMILES string of the molecule is C=C1SC(=O)SC1=Nc1cc(C)ccc1N. The molecule has 0 unspecified atom stereocenters. The Morgan fingerprint density at radius 2 is 2.12 bits per heavy atom. The molecule has 1 aliphatic rings. The predicted octanol–water partition coefficient (Wildman–Crippen LogP) is 3.72. The number of nitrogens with zero attached hydrogens (tertiary/aromatic N) is 1. The molecule has 1 fully saturated rings. The third kappa shape index (κ3) is 2.31. The second-order valence-electron chi connectivity index (χ2n) is 3.36. The fourth-order valence-electron chi connectivity index (χ4n) is 1.25. The van der Waals surface area contributed by atoms with E-state index in [0.717, 1.165) is 29.1 Å². The Hall–Kier alpha value is -1.20. The van der Waals surface area contributed by atoms with Crippen LogP contribution >= 0.6 is 23.5 Å². The number of carbonyl (C=O) groups excluding carboxylic acids is 1. The molecule has 0 bridgehead atoms. The maximum Gasteiger partial charge on any atom is 0.257 e. The summed E-state index contributed by atoms with van der Waals surface area (Å²) in [6.07, 6.45) is 0. The molecule has 1 saturated heterocycles. The molecule has 0 spiro atoms. The van der Waals surface area contributed by atoms with Crippen LogP contribution in [0.25, 0.3) is 0 Å². The molecule has 2 N–H and O–H groups in total. The van der Waals surface area contributed by atoms with Crippen LogP contribution in [0.4, 0.5) is 16.2 Å². The zero-order valence-corrected chi connectivity index (χ0v) is 10.3. The molecule has 82 valence electrons. The topological polar surface area (TPSA) is 55.5 Å². The minimum atomic E-state index is 0.00924. The van der Waals surface area contributed by atoms with E-state index in [1.165, 1.54) is 0 Å². The van der Waals surface area contributed by atoms with Crippen LogP contribution in [0.3, 0.4) is 0 Å². The first-order chi connectivity index (χ1) is 7.56. The van der Waals surface area contributed by atoms with Gasteiger partial charge in [0, 0.05) is 4.91 Å². The Kier molecular flexibility index (Phi) is 3.07. The largest absolute Gasteiger partial charge is 0.397 e. The highest BCUT2D eigenvalue weighted by atomic mass is 32.2. The first kappa shape index (κ1) is 11.3. The van der Waals surface area contributed by atoms with Crippen molar-refractivity contribution in [3.63, 3.8) is 0 Å². The molecule has 5 heteroatoms. The number of nitrogens with two attached hydrogens (primary N) is 1. The molecular weight excluding hydrogens is 240 g/mol. The van der Waals surface area contributed by atoms with Crippen LogP contribution in [0, 0.1) is 6.92 Å². The van der Waals surface area contributed by atoms with Gasteiger partial charge in [-0.2, -0.15) is 0 Å². The number of anilines is 1. The zero-order valence-electron chi connectivity index (χ0n) is 8.69. The average Bonchev–Trinajstić information content (AvgIpc) is 2.51. The van der Waals surface area contributed by atoms with Gasteiger partial charge in [0.15, 0.2) is 0 Å². The number of hydrogen-bond donors (Lipinski definition) is 1. The summed E-state index contributed by atoms with van der Waals surface area (Å²) in [5, 5.41) is 0.646. The van der Waals surface area contributed by atoms with Crippen molar-refractivity contribution in [3.05, 3.63) is 35.2 Å². The third-order valence-corrected chi connectivity index (χ3v) is 3.97. The van der Waals surface area contributed by atoms with Gasteiger partial charge in [0.2, 0.25) is 0 Å². The van der Waals surface area contributed by atoms with E-state index >= 15 is 0 Å². The van der Waals surface area contributed by atoms with Crippen LogP contribution in [0.5, 0.6) is 0 Å². The lowest BCUT2D eigenvalue weighted by molar-refractivity contribution is 0.277. The summed E-state index contributed by atoms with van der Waals surface area (Å²) in [5.74, 6) is 0. The Labute approximate surface area is 102 Å². The number of aryl methyl sites for hydroxylation is 1. The third-order valence-electron chi connectivity index (χ3n) is 2.03. The molecule has 1 heterocycles. The van der Waals surface area contributed by atoms with Crippen LogP contribution < -0.4 is 5.73 Å². The zero-order chi connectivity index (χ0) is 11.7. The lowest BCUT2D eigenvalue weighted by Crippen LogP contribution is -1.90. The lowest BCUT2D eigenvalue weighted by atomic mass is 10.2. The minimum Gasteiger partial charge on any atom is -0.397 e. The minimum absolute atomic E-state index is 0.00924. The highest BCUT2D eigenvalue weighted by molar-refractivity contribution is 8.51. The maximum atomic E-state index is 11.2. The van der Waals surface area contributed by atoms with E-state index in [1.54, 1.807) is 0 Å². The molecule has 0 atom stereocenters. The molecule has 3 nitrogen and oxygen atoms in total. The molecule has 0 aliphatic carbocycles. The van der Waals surface area contributed by atoms with E-state index in [9.17, 15) is 4.79 Å². The monoisotopic (exact) mass is 250 g/mol. The molecule has 1 aromatic rings. The summed E-state index contributed by atoms with van der Waals surface area (Å²) in [7, 11) is 0. The van der Waals surface area contributed by atoms with Crippen LogP contribution in [0.15, 0.2) is 34.7 Å². The van der Waals surface area contributed by atoms with Gasteiger partial charge >= 0.3 is 0 Å². The number of carbonyl (C=O) groups is 1. The first-order valence-corrected chi connectivity index (χ1v) is 6.23. The van der Waals surface area contributed by atoms with Crippen molar-refractivity contribution in [2.75, 3.05) is 5.73 Å². The number of rotatable bonds is 1. The van der Waals surface area contributed by atoms with E-state index in [2.05, 4.69) is 11.6 Å². The van der Waals surface area contributed by atoms with Gasteiger partial charge in [0.05, 0.1) is 11.4 Å². The van der Waals surface area contributed by atoms with E-state index in [4.69, 9.17) is 5.73 Å². The molecule has 0 aromatic heterocycles. The second-order valence-corrected chi connectivity index (χ2v) is 5.64. The molecule has 16 heavy (non-hydrogen) atoms. The second kappa shape index (κ2) is 4.35. The van der Waals surface area contributed by atoms with Crippen molar-refractivity contribution in [3.8, 4) is 0 Å². The molecule has 1 aliphatic heterocycles. The van der Waals surface area contributed by atoms with E-state index < -0.39 is 0 Å². The fourth-order valence-corrected chi connectivity index (χ4v) is 2.95. The van der Waals surface area contributed by atoms with E-state index in [-0.39, 0.29) is 4.45 Å². The standard InChI is InChI=1S/C11H10N2OS2/c1-6-3-4-8(12)9(5-6)13-10-7(2)15-11(14)16-10/h3-5H,2,12H2,1H3. The highest BCUT2D eigenvalue weighted by Gasteiger charge is 2.23.